The molecular formula is C21H28ClN3O6. The third-order valence-electron chi connectivity index (χ3n) is 5.07. The van der Waals surface area contributed by atoms with Crippen LogP contribution in [0.2, 0.25) is 5.02 Å². The lowest BCUT2D eigenvalue weighted by molar-refractivity contribution is -0.142. The molecule has 3 amide bonds. The average molecular weight is 454 g/mol. The third kappa shape index (κ3) is 6.67. The lowest BCUT2D eigenvalue weighted by Gasteiger charge is -2.25. The van der Waals surface area contributed by atoms with Crippen molar-refractivity contribution in [3.05, 3.63) is 28.8 Å². The molecule has 1 saturated heterocycles. The Morgan fingerprint density at radius 1 is 1.19 bits per heavy atom. The van der Waals surface area contributed by atoms with Gasteiger partial charge in [-0.15, -0.1) is 0 Å². The summed E-state index contributed by atoms with van der Waals surface area (Å²) in [6, 6.07) is 5.27. The molecule has 0 saturated carbocycles. The van der Waals surface area contributed by atoms with Gasteiger partial charge in [0, 0.05) is 37.2 Å². The molecule has 31 heavy (non-hydrogen) atoms. The Hall–Kier alpha value is -2.65. The zero-order valence-electron chi connectivity index (χ0n) is 18.1. The van der Waals surface area contributed by atoms with Crippen molar-refractivity contribution in [3.8, 4) is 0 Å². The summed E-state index contributed by atoms with van der Waals surface area (Å²) in [7, 11) is 2.80. The molecule has 0 atom stereocenters. The zero-order valence-corrected chi connectivity index (χ0v) is 18.8. The lowest BCUT2D eigenvalue weighted by Crippen LogP contribution is -2.44. The predicted molar refractivity (Wildman–Crippen MR) is 115 cm³/mol. The van der Waals surface area contributed by atoms with Crippen molar-refractivity contribution >= 4 is 41.0 Å². The van der Waals surface area contributed by atoms with Gasteiger partial charge >= 0.3 is 5.97 Å². The van der Waals surface area contributed by atoms with E-state index in [0.717, 1.165) is 5.56 Å². The molecule has 2 rings (SSSR count). The lowest BCUT2D eigenvalue weighted by atomic mass is 10.2. The van der Waals surface area contributed by atoms with Crippen molar-refractivity contribution in [2.45, 2.75) is 26.2 Å². The number of benzene rings is 1. The molecule has 170 valence electrons. The third-order valence-corrected chi connectivity index (χ3v) is 5.47. The Morgan fingerprint density at radius 2 is 1.94 bits per heavy atom. The van der Waals surface area contributed by atoms with Crippen molar-refractivity contribution in [1.82, 2.24) is 9.80 Å². The minimum absolute atomic E-state index is 0.0700. The number of methoxy groups -OCH3 is 2. The van der Waals surface area contributed by atoms with E-state index in [4.69, 9.17) is 16.3 Å². The number of esters is 1. The van der Waals surface area contributed by atoms with Crippen molar-refractivity contribution in [1.29, 1.82) is 0 Å². The highest BCUT2D eigenvalue weighted by atomic mass is 35.5. The largest absolute Gasteiger partial charge is 0.469 e. The molecule has 1 fully saturated rings. The minimum atomic E-state index is -0.390. The smallest absolute Gasteiger partial charge is 0.305 e. The first kappa shape index (κ1) is 24.6. The van der Waals surface area contributed by atoms with Crippen LogP contribution in [-0.2, 0) is 28.7 Å². The van der Waals surface area contributed by atoms with Crippen LogP contribution in [-0.4, -0.2) is 80.6 Å². The molecule has 1 aromatic rings. The summed E-state index contributed by atoms with van der Waals surface area (Å²) < 4.78 is 9.61. The van der Waals surface area contributed by atoms with Crippen molar-refractivity contribution < 1.29 is 28.7 Å². The van der Waals surface area contributed by atoms with Crippen LogP contribution >= 0.6 is 11.6 Å². The van der Waals surface area contributed by atoms with Crippen molar-refractivity contribution in [2.24, 2.45) is 0 Å². The highest BCUT2D eigenvalue weighted by Crippen LogP contribution is 2.28. The second kappa shape index (κ2) is 11.7. The molecule has 0 spiro atoms. The Balaban J connectivity index is 2.01. The minimum Gasteiger partial charge on any atom is -0.469 e. The number of rotatable bonds is 10. The number of hydrogen-bond acceptors (Lipinski definition) is 6. The van der Waals surface area contributed by atoms with E-state index in [1.807, 2.05) is 6.92 Å². The van der Waals surface area contributed by atoms with Gasteiger partial charge in [-0.1, -0.05) is 17.7 Å². The molecule has 0 radical (unpaired) electrons. The molecule has 0 bridgehead atoms. The summed E-state index contributed by atoms with van der Waals surface area (Å²) in [5, 5.41) is 0.540. The van der Waals surface area contributed by atoms with Crippen LogP contribution < -0.4 is 4.90 Å². The van der Waals surface area contributed by atoms with E-state index < -0.39 is 0 Å². The van der Waals surface area contributed by atoms with E-state index in [1.165, 1.54) is 28.9 Å². The fourth-order valence-corrected chi connectivity index (χ4v) is 3.38. The number of carbonyl (C=O) groups is 4. The van der Waals surface area contributed by atoms with E-state index in [0.29, 0.717) is 17.1 Å². The van der Waals surface area contributed by atoms with Gasteiger partial charge in [0.25, 0.3) is 0 Å². The first-order chi connectivity index (χ1) is 14.8. The molecule has 0 N–H and O–H groups in total. The molecule has 1 aromatic carbocycles. The number of amides is 3. The van der Waals surface area contributed by atoms with Gasteiger partial charge in [0.05, 0.1) is 20.3 Å². The first-order valence-electron chi connectivity index (χ1n) is 9.95. The highest BCUT2D eigenvalue weighted by Gasteiger charge is 2.33. The molecule has 0 unspecified atom stereocenters. The van der Waals surface area contributed by atoms with Crippen LogP contribution in [0.4, 0.5) is 5.69 Å². The summed E-state index contributed by atoms with van der Waals surface area (Å²) >= 11 is 6.16. The van der Waals surface area contributed by atoms with Gasteiger partial charge in [-0.25, -0.2) is 0 Å². The number of anilines is 1. The summed E-state index contributed by atoms with van der Waals surface area (Å²) in [5.41, 5.74) is 1.41. The van der Waals surface area contributed by atoms with Gasteiger partial charge in [0.1, 0.15) is 13.2 Å². The Bertz CT molecular complexity index is 831. The zero-order chi connectivity index (χ0) is 23.0. The van der Waals surface area contributed by atoms with Crippen molar-refractivity contribution in [2.75, 3.05) is 52.0 Å². The maximum atomic E-state index is 12.8. The maximum absolute atomic E-state index is 12.8. The van der Waals surface area contributed by atoms with Crippen LogP contribution in [0.25, 0.3) is 0 Å². The van der Waals surface area contributed by atoms with E-state index in [1.54, 1.807) is 18.2 Å². The molecule has 1 heterocycles. The second-order valence-electron chi connectivity index (χ2n) is 7.18. The molecule has 0 aliphatic carbocycles. The fourth-order valence-electron chi connectivity index (χ4n) is 3.22. The van der Waals surface area contributed by atoms with Gasteiger partial charge < -0.3 is 19.3 Å². The standard InChI is InChI=1S/C21H28ClN3O6/c1-15-16(22)6-4-7-17(15)25-14-24(13-20(25)28)19(27)12-23(10-11-30-2)18(26)8-5-9-21(29)31-3/h4,6-7H,5,8-14H2,1-3H3. The van der Waals surface area contributed by atoms with Crippen LogP contribution in [0.15, 0.2) is 18.2 Å². The normalized spacial score (nSPS) is 13.5. The summed E-state index contributed by atoms with van der Waals surface area (Å²) in [5.74, 6) is -1.21. The maximum Gasteiger partial charge on any atom is 0.305 e. The Labute approximate surface area is 186 Å². The summed E-state index contributed by atoms with van der Waals surface area (Å²) in [6.45, 7) is 2.17. The summed E-state index contributed by atoms with van der Waals surface area (Å²) in [6.07, 6.45) is 0.564. The highest BCUT2D eigenvalue weighted by molar-refractivity contribution is 6.31. The number of carbonyl (C=O) groups excluding carboxylic acids is 4. The van der Waals surface area contributed by atoms with E-state index in [-0.39, 0.29) is 69.4 Å². The Morgan fingerprint density at radius 3 is 2.61 bits per heavy atom. The summed E-state index contributed by atoms with van der Waals surface area (Å²) in [4.78, 5) is 53.5. The number of nitrogens with zero attached hydrogens (tertiary/aromatic N) is 3. The second-order valence-corrected chi connectivity index (χ2v) is 7.58. The van der Waals surface area contributed by atoms with Gasteiger partial charge in [-0.3, -0.25) is 24.1 Å². The van der Waals surface area contributed by atoms with E-state index >= 15 is 0 Å². The van der Waals surface area contributed by atoms with E-state index in [2.05, 4.69) is 4.74 Å². The van der Waals surface area contributed by atoms with Crippen molar-refractivity contribution in [3.63, 3.8) is 0 Å². The van der Waals surface area contributed by atoms with Crippen LogP contribution in [0.3, 0.4) is 0 Å². The van der Waals surface area contributed by atoms with Crippen LogP contribution in [0, 0.1) is 6.92 Å². The van der Waals surface area contributed by atoms with Gasteiger partial charge in [0.2, 0.25) is 17.7 Å². The molecule has 1 aliphatic heterocycles. The monoisotopic (exact) mass is 453 g/mol. The molecule has 0 aromatic heterocycles. The number of halogens is 1. The average Bonchev–Trinajstić information content (AvgIpc) is 3.14. The Kier molecular flexibility index (Phi) is 9.26. The number of ether oxygens (including phenoxy) is 2. The quantitative estimate of drug-likeness (QED) is 0.499. The van der Waals surface area contributed by atoms with E-state index in [9.17, 15) is 19.2 Å². The molecule has 10 heteroatoms. The van der Waals surface area contributed by atoms with Crippen LogP contribution in [0.1, 0.15) is 24.8 Å². The van der Waals surface area contributed by atoms with Gasteiger partial charge in [-0.05, 0) is 31.0 Å². The molecule has 9 nitrogen and oxygen atoms in total. The van der Waals surface area contributed by atoms with Gasteiger partial charge in [-0.2, -0.15) is 0 Å². The molecular weight excluding hydrogens is 426 g/mol. The first-order valence-corrected chi connectivity index (χ1v) is 10.3. The predicted octanol–water partition coefficient (Wildman–Crippen LogP) is 1.60. The SMILES string of the molecule is COCCN(CC(=O)N1CC(=O)N(c2cccc(Cl)c2C)C1)C(=O)CCCC(=O)OC. The van der Waals surface area contributed by atoms with Crippen LogP contribution in [0.5, 0.6) is 0 Å². The van der Waals surface area contributed by atoms with Gasteiger partial charge in [0.15, 0.2) is 0 Å². The number of hydrogen-bond donors (Lipinski definition) is 0. The topological polar surface area (TPSA) is 96.5 Å². The fraction of sp³-hybridized carbons (Fsp3) is 0.524. The molecule has 1 aliphatic rings.